The maximum atomic E-state index is 13.1. The largest absolute Gasteiger partial charge is 1.20 e. The van der Waals surface area contributed by atoms with E-state index < -0.39 is 99.2 Å². The lowest BCUT2D eigenvalue weighted by Crippen LogP contribution is -2.35. The lowest BCUT2D eigenvalue weighted by Gasteiger charge is -2.14. The van der Waals surface area contributed by atoms with Crippen LogP contribution in [0.15, 0.2) is 273 Å². The van der Waals surface area contributed by atoms with Crippen LogP contribution in [0.25, 0.3) is 98.1 Å². The van der Waals surface area contributed by atoms with E-state index in [1.807, 2.05) is 0 Å². The van der Waals surface area contributed by atoms with E-state index in [0.717, 1.165) is 0 Å². The van der Waals surface area contributed by atoms with Gasteiger partial charge in [0.05, 0.1) is 0 Å². The van der Waals surface area contributed by atoms with Gasteiger partial charge in [-0.25, -0.2) is 88.0 Å². The van der Waals surface area contributed by atoms with Gasteiger partial charge in [-0.15, -0.1) is 0 Å². The molecule has 129 heavy (non-hydrogen) atoms. The molecule has 0 radical (unpaired) electrons. The van der Waals surface area contributed by atoms with Gasteiger partial charge in [0.2, 0.25) is 0 Å². The fraction of sp³-hybridized carbons (Fsp3) is 0. The highest BCUT2D eigenvalue weighted by Crippen LogP contribution is 2.33. The summed E-state index contributed by atoms with van der Waals surface area (Å²) in [6.07, 6.45) is 0. The van der Waals surface area contributed by atoms with Crippen molar-refractivity contribution in [2.45, 2.75) is 0 Å². The van der Waals surface area contributed by atoms with Gasteiger partial charge in [-0.3, -0.25) is 0 Å². The second kappa shape index (κ2) is 37.0. The highest BCUT2D eigenvalue weighted by atomic mass is 27.3. The number of benzene rings is 9. The van der Waals surface area contributed by atoms with Crippen LogP contribution in [0, 0.1) is 0 Å². The highest BCUT2D eigenvalue weighted by Gasteiger charge is 2.53. The third-order valence-electron chi connectivity index (χ3n) is 19.0. The molecule has 18 aromatic rings. The molecule has 0 aliphatic rings. The van der Waals surface area contributed by atoms with E-state index in [1.165, 1.54) is 164 Å². The molecule has 0 amide bonds. The van der Waals surface area contributed by atoms with Crippen LogP contribution < -0.4 is 0 Å². The summed E-state index contributed by atoms with van der Waals surface area (Å²) in [4.78, 5) is 155. The van der Waals surface area contributed by atoms with Crippen LogP contribution in [-0.4, -0.2) is 190 Å². The molecule has 0 bridgehead atoms. The summed E-state index contributed by atoms with van der Waals surface area (Å²) < 4.78 is 48.1. The first-order valence-electron chi connectivity index (χ1n) is 38.0. The summed E-state index contributed by atoms with van der Waals surface area (Å²) in [6.45, 7) is 0. The molecule has 0 spiro atoms. The molecule has 0 unspecified atom stereocenters. The maximum Gasteiger partial charge on any atom is 1.20 e. The quantitative estimate of drug-likeness (QED) is 0.0360. The maximum absolute atomic E-state index is 13.1. The van der Waals surface area contributed by atoms with Crippen molar-refractivity contribution < 1.29 is 123 Å². The molecule has 39 heteroatoms. The molecule has 36 nitrogen and oxygen atoms in total. The van der Waals surface area contributed by atoms with Crippen LogP contribution in [0.2, 0.25) is 0 Å². The van der Waals surface area contributed by atoms with E-state index in [-0.39, 0.29) is 153 Å². The number of fused-ring (bicyclic) bond motifs is 9. The van der Waals surface area contributed by atoms with Gasteiger partial charge in [-0.05, 0) is 109 Å². The zero-order valence-corrected chi connectivity index (χ0v) is 69.1. The van der Waals surface area contributed by atoms with Crippen molar-refractivity contribution in [1.82, 2.24) is 44.9 Å². The van der Waals surface area contributed by atoms with Gasteiger partial charge in [0.1, 0.15) is 153 Å². The summed E-state index contributed by atoms with van der Waals surface area (Å²) in [5.74, 6) is -11.3. The van der Waals surface area contributed by atoms with E-state index in [9.17, 15) is 89.1 Å². The Morgan fingerprint density at radius 1 is 0.155 bits per heavy atom. The zero-order valence-electron chi connectivity index (χ0n) is 65.6. The number of rotatable bonds is 18. The Hall–Kier alpha value is -17.3. The number of aromatic nitrogens is 9. The molecule has 9 aromatic heterocycles. The van der Waals surface area contributed by atoms with Crippen molar-refractivity contribution >= 4 is 197 Å². The van der Waals surface area contributed by atoms with Crippen molar-refractivity contribution in [2.75, 3.05) is 0 Å². The van der Waals surface area contributed by atoms with Crippen molar-refractivity contribution in [2.24, 2.45) is 0 Å². The average molecular weight is 1770 g/mol. The molecule has 0 atom stereocenters. The van der Waals surface area contributed by atoms with Crippen LogP contribution in [0.4, 0.5) is 0 Å². The Labute approximate surface area is 736 Å². The number of pyridine rings is 9. The number of hydrogen-bond acceptors (Lipinski definition) is 36. The van der Waals surface area contributed by atoms with Gasteiger partial charge in [-0.1, -0.05) is 164 Å². The third kappa shape index (κ3) is 19.1. The summed E-state index contributed by atoms with van der Waals surface area (Å²) in [7, 11) is 0. The van der Waals surface area contributed by atoms with Gasteiger partial charge in [0.15, 0.2) is 0 Å². The molecule has 9 N–H and O–H groups in total. The molecule has 630 valence electrons. The summed E-state index contributed by atoms with van der Waals surface area (Å²) in [5.41, 5.74) is -1.08. The Balaban J connectivity index is 0.000000142. The van der Waals surface area contributed by atoms with E-state index in [4.69, 9.17) is 34.1 Å². The van der Waals surface area contributed by atoms with Gasteiger partial charge in [0.25, 0.3) is 0 Å². The van der Waals surface area contributed by atoms with E-state index in [0.29, 0.717) is 48.5 Å². The summed E-state index contributed by atoms with van der Waals surface area (Å²) >= 11 is -12.0. The van der Waals surface area contributed by atoms with Crippen molar-refractivity contribution in [3.63, 3.8) is 0 Å². The van der Waals surface area contributed by atoms with Gasteiger partial charge in [0, 0.05) is 48.5 Å². The number of hydrogen-bond donors (Lipinski definition) is 9. The topological polar surface area (TPSA) is 535 Å². The first-order valence-corrected chi connectivity index (χ1v) is 42.2. The SMILES string of the molecule is O=C([O][Al]([O]C(=O)c1ccc2cccc(O)c2n1)[O]C(=O)c1ccc2cccc(O)c2n1)c1ccc2cccc(O)c2n1.O=C([O][Al]([O]C(=O)c1ccc2cccc(O)c2n1)[O]C(=O)c1ccc2cccc(O)c2n1)c1ccc2cccc(O)c2n1.O=C([O][Al]([O]C(=O)c1ccc2cccc(O)c2n1)[O]C(=O)c1ccc2cccc(O)c2n1)c1ccc2cccc(O)c2n1. The van der Waals surface area contributed by atoms with Crippen LogP contribution in [0.1, 0.15) is 94.4 Å². The molecule has 0 saturated carbocycles. The molecule has 0 aliphatic heterocycles. The molecule has 0 fully saturated rings. The smallest absolute Gasteiger partial charge is 0.546 e. The van der Waals surface area contributed by atoms with Crippen LogP contribution in [0.3, 0.4) is 0 Å². The van der Waals surface area contributed by atoms with E-state index in [2.05, 4.69) is 44.9 Å². The molecule has 9 aromatic carbocycles. The third-order valence-corrected chi connectivity index (χ3v) is 22.7. The Bertz CT molecular complexity index is 6260. The minimum absolute atomic E-state index is 0.129. The standard InChI is InChI=1S/9C10H7NO3.3Al/c9*12-8-3-1-2-6-4-5-7(10(13)14)11-9(6)8;;;/h9*1-5,12H,(H,13,14);;;/q;;;;;;;;;3*+3/p-9. The second-order valence-corrected chi connectivity index (χ2v) is 31.3. The Morgan fingerprint density at radius 3 is 0.357 bits per heavy atom. The van der Waals surface area contributed by atoms with Crippen molar-refractivity contribution in [3.8, 4) is 51.7 Å². The number of phenolic OH excluding ortho intramolecular Hbond substituents is 9. The van der Waals surface area contributed by atoms with Crippen molar-refractivity contribution in [1.29, 1.82) is 0 Å². The lowest BCUT2D eigenvalue weighted by molar-refractivity contribution is 0.0371. The fourth-order valence-electron chi connectivity index (χ4n) is 12.8. The van der Waals surface area contributed by atoms with Crippen LogP contribution >= 0.6 is 0 Å². The van der Waals surface area contributed by atoms with Gasteiger partial charge >= 0.3 is 99.2 Å². The molecular formula is C90H54Al3N9O27. The zero-order chi connectivity index (χ0) is 90.3. The number of para-hydroxylation sites is 9. The molecule has 0 aliphatic carbocycles. The van der Waals surface area contributed by atoms with Gasteiger partial charge in [-0.2, -0.15) is 0 Å². The summed E-state index contributed by atoms with van der Waals surface area (Å²) in [5, 5.41) is 96.3. The molecule has 0 saturated heterocycles. The predicted molar refractivity (Wildman–Crippen MR) is 457 cm³/mol. The fourth-order valence-corrected chi connectivity index (χ4v) is 15.8. The Morgan fingerprint density at radius 2 is 0.256 bits per heavy atom. The molecule has 9 heterocycles. The number of aromatic hydroxyl groups is 9. The molecular weight excluding hydrogens is 1720 g/mol. The normalized spacial score (nSPS) is 10.9. The Kier molecular flexibility index (Phi) is 24.5. The first kappa shape index (κ1) is 85.3. The summed E-state index contributed by atoms with van der Waals surface area (Å²) in [6, 6.07) is 68.0. The van der Waals surface area contributed by atoms with Crippen LogP contribution in [0.5, 0.6) is 51.7 Å². The first-order chi connectivity index (χ1) is 62.3. The number of nitrogens with zero attached hydrogens (tertiary/aromatic N) is 9. The number of phenols is 9. The number of carbonyl (C=O) groups is 9. The van der Waals surface area contributed by atoms with E-state index >= 15 is 0 Å². The lowest BCUT2D eigenvalue weighted by atomic mass is 10.2. The van der Waals surface area contributed by atoms with Crippen LogP contribution in [-0.2, 0) is 34.1 Å². The minimum atomic E-state index is -4.00. The second-order valence-electron chi connectivity index (χ2n) is 27.4. The van der Waals surface area contributed by atoms with E-state index in [1.54, 1.807) is 109 Å². The number of carbonyl (C=O) groups excluding carboxylic acids is 9. The minimum Gasteiger partial charge on any atom is -0.546 e. The van der Waals surface area contributed by atoms with Crippen molar-refractivity contribution in [3.05, 3.63) is 324 Å². The predicted octanol–water partition coefficient (Wildman–Crippen LogP) is 12.9. The highest BCUT2D eigenvalue weighted by molar-refractivity contribution is 6.47. The van der Waals surface area contributed by atoms with Gasteiger partial charge < -0.3 is 80.1 Å². The molecule has 18 rings (SSSR count). The monoisotopic (exact) mass is 1770 g/mol. The average Bonchev–Trinajstić information content (AvgIpc) is 0.849.